The highest BCUT2D eigenvalue weighted by atomic mass is 35.5. The average molecular weight is 414 g/mol. The maximum absolute atomic E-state index is 12.2. The van der Waals surface area contributed by atoms with Gasteiger partial charge in [-0.1, -0.05) is 53.5 Å². The molecule has 0 spiro atoms. The number of hydrogen-bond acceptors (Lipinski definition) is 3. The van der Waals surface area contributed by atoms with E-state index in [-0.39, 0.29) is 18.4 Å². The average Bonchev–Trinajstić information content (AvgIpc) is 2.71. The number of nitrogens with one attached hydrogen (secondary N) is 3. The van der Waals surface area contributed by atoms with Crippen LogP contribution < -0.4 is 16.0 Å². The molecule has 0 atom stereocenters. The lowest BCUT2D eigenvalue weighted by molar-refractivity contribution is -0.114. The van der Waals surface area contributed by atoms with Crippen molar-refractivity contribution in [2.45, 2.75) is 0 Å². The summed E-state index contributed by atoms with van der Waals surface area (Å²) in [7, 11) is 0. The first-order valence-corrected chi connectivity index (χ1v) is 9.23. The Morgan fingerprint density at radius 3 is 2.29 bits per heavy atom. The van der Waals surface area contributed by atoms with Crippen LogP contribution in [-0.2, 0) is 4.79 Å². The molecule has 7 heteroatoms. The Balaban J connectivity index is 1.58. The smallest absolute Gasteiger partial charge is 0.255 e. The van der Waals surface area contributed by atoms with Crippen molar-refractivity contribution in [2.24, 2.45) is 0 Å². The molecular formula is C21H17Cl2N3O2. The summed E-state index contributed by atoms with van der Waals surface area (Å²) in [5, 5.41) is 9.21. The zero-order valence-electron chi connectivity index (χ0n) is 14.7. The minimum Gasteiger partial charge on any atom is -0.376 e. The molecule has 0 aliphatic rings. The van der Waals surface area contributed by atoms with Crippen LogP contribution in [0.5, 0.6) is 0 Å². The SMILES string of the molecule is O=C(CNc1cccc(NC(=O)c2ccccc2)c1)Nc1cccc(Cl)c1Cl. The predicted octanol–water partition coefficient (Wildman–Crippen LogP) is 5.30. The normalized spacial score (nSPS) is 10.2. The molecule has 5 nitrogen and oxygen atoms in total. The summed E-state index contributed by atoms with van der Waals surface area (Å²) >= 11 is 12.0. The van der Waals surface area contributed by atoms with E-state index in [1.54, 1.807) is 66.7 Å². The third kappa shape index (κ3) is 5.25. The van der Waals surface area contributed by atoms with Gasteiger partial charge in [-0.15, -0.1) is 0 Å². The lowest BCUT2D eigenvalue weighted by atomic mass is 10.2. The largest absolute Gasteiger partial charge is 0.376 e. The van der Waals surface area contributed by atoms with Crippen molar-refractivity contribution in [3.63, 3.8) is 0 Å². The number of hydrogen-bond donors (Lipinski definition) is 3. The number of benzene rings is 3. The van der Waals surface area contributed by atoms with Crippen LogP contribution in [0.2, 0.25) is 10.0 Å². The number of carbonyl (C=O) groups excluding carboxylic acids is 2. The molecule has 28 heavy (non-hydrogen) atoms. The van der Waals surface area contributed by atoms with Gasteiger partial charge in [0, 0.05) is 16.9 Å². The molecule has 0 bridgehead atoms. The van der Waals surface area contributed by atoms with E-state index in [0.29, 0.717) is 32.7 Å². The molecule has 3 aromatic rings. The summed E-state index contributed by atoms with van der Waals surface area (Å²) < 4.78 is 0. The van der Waals surface area contributed by atoms with Crippen LogP contribution in [0.4, 0.5) is 17.1 Å². The summed E-state index contributed by atoms with van der Waals surface area (Å²) in [6, 6.07) is 21.1. The molecular weight excluding hydrogens is 397 g/mol. The second-order valence-corrected chi connectivity index (χ2v) is 6.69. The monoisotopic (exact) mass is 413 g/mol. The summed E-state index contributed by atoms with van der Waals surface area (Å²) in [5.41, 5.74) is 2.33. The van der Waals surface area contributed by atoms with E-state index in [9.17, 15) is 9.59 Å². The van der Waals surface area contributed by atoms with Gasteiger partial charge in [0.2, 0.25) is 5.91 Å². The number of rotatable bonds is 6. The van der Waals surface area contributed by atoms with Crippen molar-refractivity contribution in [3.8, 4) is 0 Å². The van der Waals surface area contributed by atoms with E-state index < -0.39 is 0 Å². The number of amides is 2. The molecule has 0 saturated heterocycles. The van der Waals surface area contributed by atoms with Crippen LogP contribution in [0.15, 0.2) is 72.8 Å². The van der Waals surface area contributed by atoms with Gasteiger partial charge in [-0.25, -0.2) is 0 Å². The number of halogens is 2. The zero-order valence-corrected chi connectivity index (χ0v) is 16.2. The van der Waals surface area contributed by atoms with Crippen LogP contribution in [0.1, 0.15) is 10.4 Å². The van der Waals surface area contributed by atoms with Crippen LogP contribution >= 0.6 is 23.2 Å². The van der Waals surface area contributed by atoms with Crippen LogP contribution in [-0.4, -0.2) is 18.4 Å². The molecule has 0 heterocycles. The van der Waals surface area contributed by atoms with Crippen LogP contribution in [0.3, 0.4) is 0 Å². The van der Waals surface area contributed by atoms with E-state index in [2.05, 4.69) is 16.0 Å². The van der Waals surface area contributed by atoms with E-state index in [4.69, 9.17) is 23.2 Å². The molecule has 0 aliphatic carbocycles. The first-order valence-electron chi connectivity index (χ1n) is 8.47. The lowest BCUT2D eigenvalue weighted by Gasteiger charge is -2.11. The fourth-order valence-electron chi connectivity index (χ4n) is 2.48. The van der Waals surface area contributed by atoms with Crippen LogP contribution in [0, 0.1) is 0 Å². The Morgan fingerprint density at radius 2 is 1.50 bits per heavy atom. The highest BCUT2D eigenvalue weighted by Gasteiger charge is 2.09. The minimum absolute atomic E-state index is 0.0267. The second kappa shape index (κ2) is 9.26. The Kier molecular flexibility index (Phi) is 6.53. The van der Waals surface area contributed by atoms with Gasteiger partial charge in [-0.2, -0.15) is 0 Å². The minimum atomic E-state index is -0.275. The molecule has 0 aromatic heterocycles. The Bertz CT molecular complexity index is 994. The fraction of sp³-hybridized carbons (Fsp3) is 0.0476. The summed E-state index contributed by atoms with van der Waals surface area (Å²) in [6.07, 6.45) is 0. The van der Waals surface area contributed by atoms with Crippen molar-refractivity contribution in [3.05, 3.63) is 88.4 Å². The molecule has 0 saturated carbocycles. The third-order valence-corrected chi connectivity index (χ3v) is 4.65. The van der Waals surface area contributed by atoms with Gasteiger partial charge in [0.1, 0.15) is 0 Å². The standard InChI is InChI=1S/C21H17Cl2N3O2/c22-17-10-5-11-18(20(17)23)26-19(27)13-24-15-8-4-9-16(12-15)25-21(28)14-6-2-1-3-7-14/h1-12,24H,13H2,(H,25,28)(H,26,27). The van der Waals surface area contributed by atoms with Gasteiger partial charge < -0.3 is 16.0 Å². The number of carbonyl (C=O) groups is 2. The van der Waals surface area contributed by atoms with Crippen molar-refractivity contribution in [1.29, 1.82) is 0 Å². The maximum atomic E-state index is 12.2. The van der Waals surface area contributed by atoms with E-state index >= 15 is 0 Å². The van der Waals surface area contributed by atoms with Gasteiger partial charge in [-0.05, 0) is 42.5 Å². The summed E-state index contributed by atoms with van der Waals surface area (Å²) in [5.74, 6) is -0.478. The molecule has 0 aliphatic heterocycles. The van der Waals surface area contributed by atoms with Gasteiger partial charge in [0.15, 0.2) is 0 Å². The molecule has 0 unspecified atom stereocenters. The van der Waals surface area contributed by atoms with Gasteiger partial charge >= 0.3 is 0 Å². The highest BCUT2D eigenvalue weighted by molar-refractivity contribution is 6.44. The highest BCUT2D eigenvalue weighted by Crippen LogP contribution is 2.29. The first kappa shape index (κ1) is 19.7. The molecule has 3 aromatic carbocycles. The molecule has 0 fully saturated rings. The lowest BCUT2D eigenvalue weighted by Crippen LogP contribution is -2.22. The molecule has 142 valence electrons. The molecule has 2 amide bonds. The molecule has 3 N–H and O–H groups in total. The summed E-state index contributed by atoms with van der Waals surface area (Å²) in [4.78, 5) is 24.4. The quantitative estimate of drug-likeness (QED) is 0.513. The van der Waals surface area contributed by atoms with Gasteiger partial charge in [0.05, 0.1) is 22.3 Å². The van der Waals surface area contributed by atoms with E-state index in [0.717, 1.165) is 0 Å². The van der Waals surface area contributed by atoms with Crippen molar-refractivity contribution in [1.82, 2.24) is 0 Å². The number of anilines is 3. The van der Waals surface area contributed by atoms with Crippen molar-refractivity contribution >= 4 is 52.1 Å². The molecule has 0 radical (unpaired) electrons. The van der Waals surface area contributed by atoms with Crippen molar-refractivity contribution < 1.29 is 9.59 Å². The Hall–Kier alpha value is -3.02. The van der Waals surface area contributed by atoms with Crippen molar-refractivity contribution in [2.75, 3.05) is 22.5 Å². The van der Waals surface area contributed by atoms with E-state index in [1.807, 2.05) is 6.07 Å². The second-order valence-electron chi connectivity index (χ2n) is 5.90. The predicted molar refractivity (Wildman–Crippen MR) is 114 cm³/mol. The van der Waals surface area contributed by atoms with Gasteiger partial charge in [-0.3, -0.25) is 9.59 Å². The zero-order chi connectivity index (χ0) is 19.9. The Morgan fingerprint density at radius 1 is 0.786 bits per heavy atom. The first-order chi connectivity index (χ1) is 13.5. The fourth-order valence-corrected chi connectivity index (χ4v) is 2.82. The third-order valence-electron chi connectivity index (χ3n) is 3.84. The summed E-state index contributed by atoms with van der Waals surface area (Å²) in [6.45, 7) is 0.0267. The van der Waals surface area contributed by atoms with Gasteiger partial charge in [0.25, 0.3) is 5.91 Å². The van der Waals surface area contributed by atoms with E-state index in [1.165, 1.54) is 0 Å². The molecule has 3 rings (SSSR count). The van der Waals surface area contributed by atoms with Crippen LogP contribution in [0.25, 0.3) is 0 Å². The maximum Gasteiger partial charge on any atom is 0.255 e. The Labute approximate surface area is 172 Å². The topological polar surface area (TPSA) is 70.2 Å².